The molecule has 3 rings (SSSR count). The van der Waals surface area contributed by atoms with E-state index in [0.29, 0.717) is 11.4 Å². The molecular weight excluding hydrogens is 290 g/mol. The highest BCUT2D eigenvalue weighted by molar-refractivity contribution is 6.32. The summed E-state index contributed by atoms with van der Waals surface area (Å²) < 4.78 is 4.91. The van der Waals surface area contributed by atoms with Crippen LogP contribution in [-0.2, 0) is 6.42 Å². The van der Waals surface area contributed by atoms with E-state index in [9.17, 15) is 4.79 Å². The molecule has 21 heavy (non-hydrogen) atoms. The van der Waals surface area contributed by atoms with E-state index in [1.165, 1.54) is 44.4 Å². The molecule has 2 aromatic rings. The van der Waals surface area contributed by atoms with Crippen molar-refractivity contribution in [1.82, 2.24) is 10.2 Å². The summed E-state index contributed by atoms with van der Waals surface area (Å²) in [6.07, 6.45) is 8.94. The Morgan fingerprint density at radius 3 is 2.95 bits per heavy atom. The highest BCUT2D eigenvalue weighted by Gasteiger charge is 2.17. The molecule has 2 aromatic heterocycles. The number of anilines is 1. The van der Waals surface area contributed by atoms with Crippen LogP contribution in [0.25, 0.3) is 0 Å². The van der Waals surface area contributed by atoms with E-state index in [2.05, 4.69) is 15.5 Å². The predicted molar refractivity (Wildman–Crippen MR) is 80.5 cm³/mol. The number of rotatable bonds is 4. The molecule has 1 aliphatic rings. The Hall–Kier alpha value is -1.75. The van der Waals surface area contributed by atoms with Crippen LogP contribution in [0.2, 0.25) is 5.22 Å². The van der Waals surface area contributed by atoms with Crippen molar-refractivity contribution in [1.29, 1.82) is 0 Å². The minimum absolute atomic E-state index is 0.0884. The fourth-order valence-electron chi connectivity index (χ4n) is 2.87. The number of furan rings is 1. The average molecular weight is 308 g/mol. The van der Waals surface area contributed by atoms with Gasteiger partial charge in [0.2, 0.25) is 5.22 Å². The Labute approximate surface area is 128 Å². The van der Waals surface area contributed by atoms with Gasteiger partial charge in [-0.2, -0.15) is 5.10 Å². The van der Waals surface area contributed by atoms with E-state index in [-0.39, 0.29) is 11.1 Å². The fourth-order valence-corrected chi connectivity index (χ4v) is 3.07. The van der Waals surface area contributed by atoms with Crippen molar-refractivity contribution in [2.45, 2.75) is 38.5 Å². The molecule has 6 heteroatoms. The molecule has 0 bridgehead atoms. The molecule has 1 amide bonds. The van der Waals surface area contributed by atoms with Gasteiger partial charge in [-0.25, -0.2) is 0 Å². The van der Waals surface area contributed by atoms with E-state index in [4.69, 9.17) is 16.0 Å². The van der Waals surface area contributed by atoms with Crippen LogP contribution in [0.15, 0.2) is 22.8 Å². The number of carbonyl (C=O) groups excluding carboxylic acids is 1. The number of aromatic amines is 1. The second kappa shape index (κ2) is 6.35. The number of amides is 1. The number of halogens is 1. The first-order valence-electron chi connectivity index (χ1n) is 7.31. The summed E-state index contributed by atoms with van der Waals surface area (Å²) in [5, 5.41) is 9.93. The molecule has 0 radical (unpaired) electrons. The lowest BCUT2D eigenvalue weighted by molar-refractivity contribution is 0.102. The van der Waals surface area contributed by atoms with Crippen LogP contribution in [0.3, 0.4) is 0 Å². The minimum atomic E-state index is -0.315. The second-order valence-corrected chi connectivity index (χ2v) is 5.89. The summed E-state index contributed by atoms with van der Waals surface area (Å²) in [4.78, 5) is 12.0. The van der Waals surface area contributed by atoms with Gasteiger partial charge in [0.05, 0.1) is 11.8 Å². The third-order valence-corrected chi connectivity index (χ3v) is 4.26. The number of nitrogens with zero attached hydrogens (tertiary/aromatic N) is 1. The molecule has 2 N–H and O–H groups in total. The lowest BCUT2D eigenvalue weighted by Gasteiger charge is -2.20. The molecule has 5 nitrogen and oxygen atoms in total. The first-order chi connectivity index (χ1) is 10.2. The van der Waals surface area contributed by atoms with Crippen LogP contribution in [-0.4, -0.2) is 16.1 Å². The molecule has 0 saturated heterocycles. The molecule has 0 spiro atoms. The number of hydrogen-bond acceptors (Lipinski definition) is 3. The van der Waals surface area contributed by atoms with Gasteiger partial charge in [0.15, 0.2) is 5.82 Å². The lowest BCUT2D eigenvalue weighted by Crippen LogP contribution is -2.11. The van der Waals surface area contributed by atoms with Gasteiger partial charge in [0.1, 0.15) is 0 Å². The van der Waals surface area contributed by atoms with Crippen molar-refractivity contribution in [3.63, 3.8) is 0 Å². The van der Waals surface area contributed by atoms with Gasteiger partial charge in [-0.1, -0.05) is 32.1 Å². The summed E-state index contributed by atoms with van der Waals surface area (Å²) in [5.41, 5.74) is 1.38. The molecule has 2 heterocycles. The third-order valence-electron chi connectivity index (χ3n) is 3.97. The molecule has 0 unspecified atom stereocenters. The molecule has 0 aromatic carbocycles. The highest BCUT2D eigenvalue weighted by Crippen LogP contribution is 2.27. The van der Waals surface area contributed by atoms with E-state index in [0.717, 1.165) is 18.0 Å². The van der Waals surface area contributed by atoms with Crippen molar-refractivity contribution in [2.24, 2.45) is 5.92 Å². The quantitative estimate of drug-likeness (QED) is 0.895. The van der Waals surface area contributed by atoms with Crippen LogP contribution in [0.4, 0.5) is 5.82 Å². The van der Waals surface area contributed by atoms with Gasteiger partial charge in [-0.05, 0) is 30.0 Å². The molecule has 1 aliphatic carbocycles. The summed E-state index contributed by atoms with van der Waals surface area (Å²) in [7, 11) is 0. The Morgan fingerprint density at radius 1 is 1.43 bits per heavy atom. The topological polar surface area (TPSA) is 70.9 Å². The highest BCUT2D eigenvalue weighted by atomic mass is 35.5. The molecule has 1 fully saturated rings. The van der Waals surface area contributed by atoms with E-state index in [1.54, 1.807) is 0 Å². The first kappa shape index (κ1) is 14.2. The number of carbonyl (C=O) groups is 1. The van der Waals surface area contributed by atoms with Crippen LogP contribution >= 0.6 is 11.6 Å². The summed E-state index contributed by atoms with van der Waals surface area (Å²) in [5.74, 6) is 0.929. The fraction of sp³-hybridized carbons (Fsp3) is 0.467. The molecular formula is C15H18ClN3O2. The lowest BCUT2D eigenvalue weighted by atomic mass is 9.86. The maximum Gasteiger partial charge on any atom is 0.261 e. The van der Waals surface area contributed by atoms with E-state index >= 15 is 0 Å². The third kappa shape index (κ3) is 3.47. The van der Waals surface area contributed by atoms with Crippen molar-refractivity contribution in [3.8, 4) is 0 Å². The maximum atomic E-state index is 12.0. The minimum Gasteiger partial charge on any atom is -0.452 e. The van der Waals surface area contributed by atoms with Crippen molar-refractivity contribution in [2.75, 3.05) is 5.32 Å². The number of hydrogen-bond donors (Lipinski definition) is 2. The van der Waals surface area contributed by atoms with Crippen molar-refractivity contribution in [3.05, 3.63) is 34.9 Å². The SMILES string of the molecule is O=C(Nc1cc(CC2CCCCC2)[nH]n1)c1ccoc1Cl. The monoisotopic (exact) mass is 307 g/mol. The Morgan fingerprint density at radius 2 is 2.24 bits per heavy atom. The standard InChI is InChI=1S/C15H18ClN3O2/c16-14-12(6-7-21-14)15(20)17-13-9-11(18-19-13)8-10-4-2-1-3-5-10/h6-7,9-10H,1-5,8H2,(H2,17,18,19,20). The number of H-pyrrole nitrogens is 1. The molecule has 0 atom stereocenters. The molecule has 0 aliphatic heterocycles. The van der Waals surface area contributed by atoms with Gasteiger partial charge >= 0.3 is 0 Å². The number of aromatic nitrogens is 2. The Balaban J connectivity index is 1.60. The van der Waals surface area contributed by atoms with Crippen LogP contribution in [0.5, 0.6) is 0 Å². The van der Waals surface area contributed by atoms with Crippen LogP contribution in [0.1, 0.15) is 48.2 Å². The van der Waals surface area contributed by atoms with Crippen molar-refractivity contribution >= 4 is 23.3 Å². The predicted octanol–water partition coefficient (Wildman–Crippen LogP) is 4.03. The average Bonchev–Trinajstić information content (AvgIpc) is 3.09. The van der Waals surface area contributed by atoms with E-state index < -0.39 is 0 Å². The second-order valence-electron chi connectivity index (χ2n) is 5.55. The van der Waals surface area contributed by atoms with Gasteiger partial charge in [0, 0.05) is 11.8 Å². The van der Waals surface area contributed by atoms with Gasteiger partial charge < -0.3 is 9.73 Å². The van der Waals surface area contributed by atoms with Crippen LogP contribution in [0, 0.1) is 5.92 Å². The Bertz CT molecular complexity index is 614. The summed E-state index contributed by atoms with van der Waals surface area (Å²) >= 11 is 5.78. The van der Waals surface area contributed by atoms with E-state index in [1.807, 2.05) is 6.07 Å². The van der Waals surface area contributed by atoms with Gasteiger partial charge in [-0.15, -0.1) is 0 Å². The summed E-state index contributed by atoms with van der Waals surface area (Å²) in [6, 6.07) is 3.42. The normalized spacial score (nSPS) is 16.0. The number of nitrogens with one attached hydrogen (secondary N) is 2. The largest absolute Gasteiger partial charge is 0.452 e. The van der Waals surface area contributed by atoms with Gasteiger partial charge in [0.25, 0.3) is 5.91 Å². The molecule has 112 valence electrons. The Kier molecular flexibility index (Phi) is 4.29. The summed E-state index contributed by atoms with van der Waals surface area (Å²) in [6.45, 7) is 0. The maximum absolute atomic E-state index is 12.0. The van der Waals surface area contributed by atoms with Crippen molar-refractivity contribution < 1.29 is 9.21 Å². The smallest absolute Gasteiger partial charge is 0.261 e. The zero-order valence-corrected chi connectivity index (χ0v) is 12.4. The first-order valence-corrected chi connectivity index (χ1v) is 7.69. The zero-order valence-electron chi connectivity index (χ0n) is 11.7. The van der Waals surface area contributed by atoms with Gasteiger partial charge in [-0.3, -0.25) is 9.89 Å². The van der Waals surface area contributed by atoms with Crippen LogP contribution < -0.4 is 5.32 Å². The molecule has 1 saturated carbocycles. The zero-order chi connectivity index (χ0) is 14.7.